The van der Waals surface area contributed by atoms with Gasteiger partial charge in [0.2, 0.25) is 0 Å². The maximum Gasteiger partial charge on any atom is 0.323 e. The van der Waals surface area contributed by atoms with Crippen LogP contribution in [-0.2, 0) is 0 Å². The zero-order valence-corrected chi connectivity index (χ0v) is 10.9. The van der Waals surface area contributed by atoms with Gasteiger partial charge in [-0.3, -0.25) is 0 Å². The Morgan fingerprint density at radius 2 is 1.50 bits per heavy atom. The smallest absolute Gasteiger partial charge is 0.307 e. The third-order valence-corrected chi connectivity index (χ3v) is 2.94. The number of hydrogen-bond donors (Lipinski definition) is 3. The molecule has 2 N–H and O–H groups in total. The summed E-state index contributed by atoms with van der Waals surface area (Å²) in [5, 5.41) is 5.56. The number of amides is 2. The van der Waals surface area contributed by atoms with Gasteiger partial charge in [-0.2, -0.15) is 0 Å². The summed E-state index contributed by atoms with van der Waals surface area (Å²) in [5.41, 5.74) is 2.50. The Hall–Kier alpha value is -1.94. The first-order valence-electron chi connectivity index (χ1n) is 5.58. The van der Waals surface area contributed by atoms with Gasteiger partial charge in [-0.05, 0) is 30.7 Å². The van der Waals surface area contributed by atoms with Gasteiger partial charge in [-0.1, -0.05) is 30.3 Å². The van der Waals surface area contributed by atoms with Crippen LogP contribution in [0.15, 0.2) is 53.4 Å². The molecule has 2 aromatic carbocycles. The highest BCUT2D eigenvalue weighted by Crippen LogP contribution is 2.19. The molecular formula is C14H14N2OS. The van der Waals surface area contributed by atoms with Crippen molar-refractivity contribution in [3.8, 4) is 0 Å². The lowest BCUT2D eigenvalue weighted by Crippen LogP contribution is -2.20. The third kappa shape index (κ3) is 3.05. The minimum atomic E-state index is -0.272. The fraction of sp³-hybridized carbons (Fsp3) is 0.0714. The van der Waals surface area contributed by atoms with E-state index in [1.165, 1.54) is 0 Å². The zero-order chi connectivity index (χ0) is 13.0. The summed E-state index contributed by atoms with van der Waals surface area (Å²) in [6.45, 7) is 1.95. The maximum atomic E-state index is 11.8. The molecule has 4 heteroatoms. The highest BCUT2D eigenvalue weighted by Gasteiger charge is 2.05. The Morgan fingerprint density at radius 1 is 0.944 bits per heavy atom. The molecule has 0 aliphatic rings. The van der Waals surface area contributed by atoms with Gasteiger partial charge < -0.3 is 10.6 Å². The molecule has 0 atom stereocenters. The van der Waals surface area contributed by atoms with E-state index < -0.39 is 0 Å². The number of carbonyl (C=O) groups excluding carboxylic acids is 1. The van der Waals surface area contributed by atoms with Crippen molar-refractivity contribution in [2.45, 2.75) is 11.8 Å². The van der Waals surface area contributed by atoms with Crippen LogP contribution in [0.3, 0.4) is 0 Å². The number of hydrogen-bond acceptors (Lipinski definition) is 2. The molecule has 0 radical (unpaired) electrons. The topological polar surface area (TPSA) is 41.1 Å². The van der Waals surface area contributed by atoms with E-state index in [1.807, 2.05) is 49.4 Å². The molecular weight excluding hydrogens is 244 g/mol. The van der Waals surface area contributed by atoms with E-state index in [1.54, 1.807) is 6.07 Å². The number of benzene rings is 2. The molecule has 2 amide bonds. The average Bonchev–Trinajstić information content (AvgIpc) is 2.35. The fourth-order valence-electron chi connectivity index (χ4n) is 1.57. The highest BCUT2D eigenvalue weighted by molar-refractivity contribution is 7.80. The highest BCUT2D eigenvalue weighted by atomic mass is 32.1. The van der Waals surface area contributed by atoms with E-state index >= 15 is 0 Å². The number of nitrogens with one attached hydrogen (secondary N) is 2. The molecule has 0 spiro atoms. The summed E-state index contributed by atoms with van der Waals surface area (Å²) in [6, 6.07) is 14.7. The van der Waals surface area contributed by atoms with Crippen LogP contribution in [-0.4, -0.2) is 6.03 Å². The monoisotopic (exact) mass is 258 g/mol. The maximum absolute atomic E-state index is 11.8. The fourth-order valence-corrected chi connectivity index (χ4v) is 1.78. The van der Waals surface area contributed by atoms with E-state index in [0.717, 1.165) is 16.1 Å². The van der Waals surface area contributed by atoms with Gasteiger partial charge in [0, 0.05) is 10.6 Å². The van der Waals surface area contributed by atoms with Crippen LogP contribution in [0, 0.1) is 6.92 Å². The van der Waals surface area contributed by atoms with Crippen molar-refractivity contribution in [1.82, 2.24) is 0 Å². The first kappa shape index (κ1) is 12.5. The Balaban J connectivity index is 2.06. The first-order chi connectivity index (χ1) is 8.66. The van der Waals surface area contributed by atoms with E-state index in [4.69, 9.17) is 0 Å². The molecule has 0 saturated heterocycles. The summed E-state index contributed by atoms with van der Waals surface area (Å²) in [6.07, 6.45) is 0. The van der Waals surface area contributed by atoms with Gasteiger partial charge in [0.05, 0.1) is 5.69 Å². The van der Waals surface area contributed by atoms with Gasteiger partial charge in [0.1, 0.15) is 0 Å². The van der Waals surface area contributed by atoms with Gasteiger partial charge >= 0.3 is 6.03 Å². The number of thiol groups is 1. The third-order valence-electron chi connectivity index (χ3n) is 2.55. The molecule has 0 unspecified atom stereocenters. The standard InChI is InChI=1S/C14H14N2OS/c1-10-6-2-3-7-11(10)15-14(17)16-12-8-4-5-9-13(12)18/h2-9,18H,1H3,(H2,15,16,17). The quantitative estimate of drug-likeness (QED) is 0.702. The molecule has 2 rings (SSSR count). The number of carbonyl (C=O) groups is 1. The van der Waals surface area contributed by atoms with Crippen LogP contribution in [0.4, 0.5) is 16.2 Å². The molecule has 0 saturated carbocycles. The van der Waals surface area contributed by atoms with Gasteiger partial charge in [-0.25, -0.2) is 4.79 Å². The molecule has 0 aliphatic heterocycles. The van der Waals surface area contributed by atoms with Crippen molar-refractivity contribution < 1.29 is 4.79 Å². The van der Waals surface area contributed by atoms with Crippen molar-refractivity contribution in [3.63, 3.8) is 0 Å². The first-order valence-corrected chi connectivity index (χ1v) is 6.03. The van der Waals surface area contributed by atoms with Crippen molar-refractivity contribution in [2.75, 3.05) is 10.6 Å². The van der Waals surface area contributed by atoms with E-state index in [0.29, 0.717) is 5.69 Å². The lowest BCUT2D eigenvalue weighted by Gasteiger charge is -2.10. The van der Waals surface area contributed by atoms with Gasteiger partial charge in [0.15, 0.2) is 0 Å². The molecule has 2 aromatic rings. The SMILES string of the molecule is Cc1ccccc1NC(=O)Nc1ccccc1S. The number of para-hydroxylation sites is 2. The molecule has 0 bridgehead atoms. The number of rotatable bonds is 2. The Bertz CT molecular complexity index is 520. The number of aryl methyl sites for hydroxylation is 1. The lowest BCUT2D eigenvalue weighted by atomic mass is 10.2. The summed E-state index contributed by atoms with van der Waals surface area (Å²) >= 11 is 4.28. The Kier molecular flexibility index (Phi) is 3.89. The summed E-state index contributed by atoms with van der Waals surface area (Å²) in [7, 11) is 0. The predicted octanol–water partition coefficient (Wildman–Crippen LogP) is 3.93. The van der Waals surface area contributed by atoms with Crippen LogP contribution in [0.5, 0.6) is 0 Å². The van der Waals surface area contributed by atoms with Crippen LogP contribution >= 0.6 is 12.6 Å². The van der Waals surface area contributed by atoms with Crippen molar-refractivity contribution >= 4 is 30.0 Å². The van der Waals surface area contributed by atoms with Crippen molar-refractivity contribution in [2.24, 2.45) is 0 Å². The van der Waals surface area contributed by atoms with E-state index in [9.17, 15) is 4.79 Å². The molecule has 3 nitrogen and oxygen atoms in total. The molecule has 18 heavy (non-hydrogen) atoms. The van der Waals surface area contributed by atoms with Gasteiger partial charge in [0.25, 0.3) is 0 Å². The molecule has 0 aromatic heterocycles. The van der Waals surface area contributed by atoms with Crippen LogP contribution in [0.2, 0.25) is 0 Å². The van der Waals surface area contributed by atoms with Crippen LogP contribution < -0.4 is 10.6 Å². The van der Waals surface area contributed by atoms with Crippen molar-refractivity contribution in [3.05, 3.63) is 54.1 Å². The minimum Gasteiger partial charge on any atom is -0.307 e. The summed E-state index contributed by atoms with van der Waals surface area (Å²) < 4.78 is 0. The van der Waals surface area contributed by atoms with E-state index in [2.05, 4.69) is 23.3 Å². The molecule has 0 heterocycles. The molecule has 0 aliphatic carbocycles. The van der Waals surface area contributed by atoms with Crippen molar-refractivity contribution in [1.29, 1.82) is 0 Å². The second-order valence-corrected chi connectivity index (χ2v) is 4.39. The van der Waals surface area contributed by atoms with Crippen LogP contribution in [0.1, 0.15) is 5.56 Å². The molecule has 0 fully saturated rings. The predicted molar refractivity (Wildman–Crippen MR) is 77.5 cm³/mol. The van der Waals surface area contributed by atoms with Crippen LogP contribution in [0.25, 0.3) is 0 Å². The minimum absolute atomic E-state index is 0.272. The zero-order valence-electron chi connectivity index (χ0n) is 9.97. The van der Waals surface area contributed by atoms with E-state index in [-0.39, 0.29) is 6.03 Å². The largest absolute Gasteiger partial charge is 0.323 e. The second kappa shape index (κ2) is 5.60. The number of urea groups is 1. The van der Waals surface area contributed by atoms with Gasteiger partial charge in [-0.15, -0.1) is 12.6 Å². The Morgan fingerprint density at radius 3 is 2.17 bits per heavy atom. The molecule has 92 valence electrons. The Labute approximate surface area is 112 Å². The average molecular weight is 258 g/mol. The summed E-state index contributed by atoms with van der Waals surface area (Å²) in [4.78, 5) is 12.6. The second-order valence-electron chi connectivity index (χ2n) is 3.91. The number of anilines is 2. The lowest BCUT2D eigenvalue weighted by molar-refractivity contribution is 0.262. The normalized spacial score (nSPS) is 9.89. The summed E-state index contributed by atoms with van der Waals surface area (Å²) in [5.74, 6) is 0.